The van der Waals surface area contributed by atoms with Crippen molar-refractivity contribution in [1.82, 2.24) is 10.3 Å². The highest BCUT2D eigenvalue weighted by atomic mass is 16.5. The second-order valence-corrected chi connectivity index (χ2v) is 5.76. The zero-order valence-electron chi connectivity index (χ0n) is 13.9. The first-order chi connectivity index (χ1) is 11.4. The first kappa shape index (κ1) is 17.6. The Morgan fingerprint density at radius 2 is 1.65 bits per heavy atom. The summed E-state index contributed by atoms with van der Waals surface area (Å²) in [4.78, 5) is 4.29. The molecule has 0 bridgehead atoms. The molecule has 0 fully saturated rings. The quantitative estimate of drug-likeness (QED) is 0.602. The van der Waals surface area contributed by atoms with Gasteiger partial charge in [-0.2, -0.15) is 0 Å². The number of benzene rings is 1. The molecule has 0 aliphatic carbocycles. The van der Waals surface area contributed by atoms with Crippen molar-refractivity contribution in [2.45, 2.75) is 38.6 Å². The normalized spacial score (nSPS) is 10.8. The molecule has 0 radical (unpaired) electrons. The standard InChI is InChI=1S/C20H28N2O/c1(7-14-21-18-19-10-4-3-5-11-19)2-9-16-23-17-13-20-12-6-8-15-22-20/h3-6,8,10-12,15,21H,1-2,7,9,13-14,16-18H2. The van der Waals surface area contributed by atoms with Gasteiger partial charge in [0, 0.05) is 31.5 Å². The molecule has 23 heavy (non-hydrogen) atoms. The van der Waals surface area contributed by atoms with E-state index in [9.17, 15) is 0 Å². The van der Waals surface area contributed by atoms with Gasteiger partial charge in [-0.15, -0.1) is 0 Å². The summed E-state index contributed by atoms with van der Waals surface area (Å²) in [5, 5.41) is 3.49. The van der Waals surface area contributed by atoms with Gasteiger partial charge in [0.2, 0.25) is 0 Å². The van der Waals surface area contributed by atoms with Crippen LogP contribution in [0.4, 0.5) is 0 Å². The molecule has 1 heterocycles. The summed E-state index contributed by atoms with van der Waals surface area (Å²) in [5.74, 6) is 0. The molecule has 0 amide bonds. The van der Waals surface area contributed by atoms with E-state index >= 15 is 0 Å². The monoisotopic (exact) mass is 312 g/mol. The van der Waals surface area contributed by atoms with E-state index in [1.54, 1.807) is 0 Å². The van der Waals surface area contributed by atoms with Gasteiger partial charge in [0.05, 0.1) is 6.61 Å². The molecule has 2 aromatic rings. The van der Waals surface area contributed by atoms with E-state index in [-0.39, 0.29) is 0 Å². The van der Waals surface area contributed by atoms with Gasteiger partial charge in [-0.25, -0.2) is 0 Å². The average Bonchev–Trinajstić information content (AvgIpc) is 2.61. The molecule has 0 aliphatic heterocycles. The van der Waals surface area contributed by atoms with Crippen molar-refractivity contribution in [2.24, 2.45) is 0 Å². The van der Waals surface area contributed by atoms with Gasteiger partial charge in [-0.05, 0) is 37.1 Å². The molecule has 0 unspecified atom stereocenters. The molecular weight excluding hydrogens is 284 g/mol. The molecule has 0 spiro atoms. The van der Waals surface area contributed by atoms with Crippen molar-refractivity contribution in [3.8, 4) is 0 Å². The maximum absolute atomic E-state index is 5.67. The second kappa shape index (κ2) is 11.8. The van der Waals surface area contributed by atoms with E-state index in [1.165, 1.54) is 24.8 Å². The van der Waals surface area contributed by atoms with Gasteiger partial charge in [-0.1, -0.05) is 49.2 Å². The third kappa shape index (κ3) is 8.48. The molecule has 0 atom stereocenters. The van der Waals surface area contributed by atoms with Crippen LogP contribution < -0.4 is 5.32 Å². The largest absolute Gasteiger partial charge is 0.381 e. The summed E-state index contributed by atoms with van der Waals surface area (Å²) in [5.41, 5.74) is 2.46. The fourth-order valence-corrected chi connectivity index (χ4v) is 2.46. The fraction of sp³-hybridized carbons (Fsp3) is 0.450. The summed E-state index contributed by atoms with van der Waals surface area (Å²) < 4.78 is 5.67. The Balaban J connectivity index is 1.34. The highest BCUT2D eigenvalue weighted by Crippen LogP contribution is 2.02. The number of pyridine rings is 1. The molecular formula is C20H28N2O. The third-order valence-corrected chi connectivity index (χ3v) is 3.79. The number of aromatic nitrogens is 1. The lowest BCUT2D eigenvalue weighted by atomic mass is 10.2. The average molecular weight is 312 g/mol. The van der Waals surface area contributed by atoms with Crippen molar-refractivity contribution in [3.63, 3.8) is 0 Å². The van der Waals surface area contributed by atoms with Crippen LogP contribution in [0.2, 0.25) is 0 Å². The SMILES string of the molecule is c1ccc(CNCCCCCCOCCc2ccccn2)cc1. The van der Waals surface area contributed by atoms with Gasteiger partial charge in [0.1, 0.15) is 0 Å². The summed E-state index contributed by atoms with van der Waals surface area (Å²) >= 11 is 0. The number of unbranched alkanes of at least 4 members (excludes halogenated alkanes) is 3. The molecule has 2 rings (SSSR count). The number of hydrogen-bond acceptors (Lipinski definition) is 3. The molecule has 0 aliphatic rings. The van der Waals surface area contributed by atoms with Crippen LogP contribution in [0, 0.1) is 0 Å². The van der Waals surface area contributed by atoms with Crippen molar-refractivity contribution >= 4 is 0 Å². The van der Waals surface area contributed by atoms with Crippen LogP contribution in [0.5, 0.6) is 0 Å². The lowest BCUT2D eigenvalue weighted by Gasteiger charge is -2.06. The number of nitrogens with one attached hydrogen (secondary N) is 1. The zero-order valence-corrected chi connectivity index (χ0v) is 13.9. The Labute approximate surface area is 140 Å². The topological polar surface area (TPSA) is 34.1 Å². The molecule has 124 valence electrons. The van der Waals surface area contributed by atoms with E-state index in [4.69, 9.17) is 4.74 Å². The van der Waals surface area contributed by atoms with Crippen LogP contribution in [0.25, 0.3) is 0 Å². The maximum Gasteiger partial charge on any atom is 0.0521 e. The van der Waals surface area contributed by atoms with Gasteiger partial charge in [0.25, 0.3) is 0 Å². The number of rotatable bonds is 12. The Hall–Kier alpha value is -1.71. The van der Waals surface area contributed by atoms with Crippen molar-refractivity contribution < 1.29 is 4.74 Å². The summed E-state index contributed by atoms with van der Waals surface area (Å²) in [6.45, 7) is 3.70. The molecule has 3 heteroatoms. The van der Waals surface area contributed by atoms with Gasteiger partial charge in [0.15, 0.2) is 0 Å². The number of nitrogens with zero attached hydrogens (tertiary/aromatic N) is 1. The predicted molar refractivity (Wildman–Crippen MR) is 95.4 cm³/mol. The summed E-state index contributed by atoms with van der Waals surface area (Å²) in [7, 11) is 0. The summed E-state index contributed by atoms with van der Waals surface area (Å²) in [6, 6.07) is 16.6. The van der Waals surface area contributed by atoms with E-state index < -0.39 is 0 Å². The molecule has 3 nitrogen and oxygen atoms in total. The molecule has 0 saturated heterocycles. The van der Waals surface area contributed by atoms with E-state index in [1.807, 2.05) is 24.4 Å². The fourth-order valence-electron chi connectivity index (χ4n) is 2.46. The van der Waals surface area contributed by atoms with Crippen LogP contribution in [-0.4, -0.2) is 24.7 Å². The van der Waals surface area contributed by atoms with E-state index in [2.05, 4.69) is 40.6 Å². The molecule has 1 aromatic carbocycles. The van der Waals surface area contributed by atoms with Crippen molar-refractivity contribution in [2.75, 3.05) is 19.8 Å². The van der Waals surface area contributed by atoms with Crippen LogP contribution in [-0.2, 0) is 17.7 Å². The minimum Gasteiger partial charge on any atom is -0.381 e. The van der Waals surface area contributed by atoms with Crippen molar-refractivity contribution in [3.05, 3.63) is 66.0 Å². The molecule has 1 aromatic heterocycles. The Bertz CT molecular complexity index is 454. The number of hydrogen-bond donors (Lipinski definition) is 1. The first-order valence-corrected chi connectivity index (χ1v) is 8.67. The Morgan fingerprint density at radius 3 is 2.48 bits per heavy atom. The Kier molecular flexibility index (Phi) is 9.05. The minimum atomic E-state index is 0.773. The zero-order chi connectivity index (χ0) is 16.0. The Morgan fingerprint density at radius 1 is 0.826 bits per heavy atom. The molecule has 0 saturated carbocycles. The van der Waals surface area contributed by atoms with Gasteiger partial charge < -0.3 is 10.1 Å². The lowest BCUT2D eigenvalue weighted by Crippen LogP contribution is -2.14. The lowest BCUT2D eigenvalue weighted by molar-refractivity contribution is 0.132. The van der Waals surface area contributed by atoms with E-state index in [0.717, 1.165) is 44.8 Å². The smallest absolute Gasteiger partial charge is 0.0521 e. The maximum atomic E-state index is 5.67. The van der Waals surface area contributed by atoms with Crippen LogP contribution in [0.3, 0.4) is 0 Å². The number of ether oxygens (including phenoxy) is 1. The minimum absolute atomic E-state index is 0.773. The first-order valence-electron chi connectivity index (χ1n) is 8.67. The van der Waals surface area contributed by atoms with E-state index in [0.29, 0.717) is 0 Å². The van der Waals surface area contributed by atoms with Crippen LogP contribution in [0.15, 0.2) is 54.7 Å². The highest BCUT2D eigenvalue weighted by Gasteiger charge is 1.95. The van der Waals surface area contributed by atoms with Gasteiger partial charge in [-0.3, -0.25) is 4.98 Å². The third-order valence-electron chi connectivity index (χ3n) is 3.79. The van der Waals surface area contributed by atoms with Gasteiger partial charge >= 0.3 is 0 Å². The predicted octanol–water partition coefficient (Wildman–Crippen LogP) is 3.99. The highest BCUT2D eigenvalue weighted by molar-refractivity contribution is 5.14. The van der Waals surface area contributed by atoms with Crippen molar-refractivity contribution in [1.29, 1.82) is 0 Å². The second-order valence-electron chi connectivity index (χ2n) is 5.76. The summed E-state index contributed by atoms with van der Waals surface area (Å²) in [6.07, 6.45) is 7.65. The molecule has 1 N–H and O–H groups in total. The van der Waals surface area contributed by atoms with Crippen LogP contribution in [0.1, 0.15) is 36.9 Å². The van der Waals surface area contributed by atoms with Crippen LogP contribution >= 0.6 is 0 Å².